The minimum atomic E-state index is 0.303. The van der Waals surface area contributed by atoms with E-state index in [4.69, 9.17) is 4.98 Å². The summed E-state index contributed by atoms with van der Waals surface area (Å²) in [5.41, 5.74) is 1.08. The minimum Gasteiger partial charge on any atom is -0.342 e. The van der Waals surface area contributed by atoms with Crippen molar-refractivity contribution in [2.24, 2.45) is 0 Å². The predicted molar refractivity (Wildman–Crippen MR) is 93.6 cm³/mol. The molecule has 0 bridgehead atoms. The summed E-state index contributed by atoms with van der Waals surface area (Å²) in [6.07, 6.45) is 5.86. The third-order valence-electron chi connectivity index (χ3n) is 5.01. The number of fused-ring (bicyclic) bond motifs is 1. The fraction of sp³-hybridized carbons (Fsp3) is 0.556. The van der Waals surface area contributed by atoms with Gasteiger partial charge in [0, 0.05) is 13.1 Å². The van der Waals surface area contributed by atoms with Gasteiger partial charge in [-0.05, 0) is 50.8 Å². The van der Waals surface area contributed by atoms with Crippen LogP contribution in [-0.2, 0) is 4.79 Å². The molecule has 2 aromatic rings. The third-order valence-corrected chi connectivity index (χ3v) is 6.14. The van der Waals surface area contributed by atoms with Crippen molar-refractivity contribution in [1.82, 2.24) is 14.8 Å². The van der Waals surface area contributed by atoms with Gasteiger partial charge in [0.1, 0.15) is 5.01 Å². The lowest BCUT2D eigenvalue weighted by Crippen LogP contribution is -2.42. The first-order chi connectivity index (χ1) is 11.3. The Labute approximate surface area is 141 Å². The highest BCUT2D eigenvalue weighted by Gasteiger charge is 2.31. The summed E-state index contributed by atoms with van der Waals surface area (Å²) in [5.74, 6) is 0.303. The van der Waals surface area contributed by atoms with Crippen molar-refractivity contribution in [2.45, 2.75) is 38.1 Å². The van der Waals surface area contributed by atoms with Crippen molar-refractivity contribution in [3.63, 3.8) is 0 Å². The van der Waals surface area contributed by atoms with Crippen molar-refractivity contribution < 1.29 is 4.79 Å². The second kappa shape index (κ2) is 6.57. The number of hydrogen-bond donors (Lipinski definition) is 0. The number of carbonyl (C=O) groups excluding carboxylic acids is 1. The lowest BCUT2D eigenvalue weighted by atomic mass is 10.1. The van der Waals surface area contributed by atoms with E-state index in [2.05, 4.69) is 28.0 Å². The Morgan fingerprint density at radius 3 is 2.78 bits per heavy atom. The van der Waals surface area contributed by atoms with Crippen LogP contribution in [0.25, 0.3) is 10.2 Å². The Balaban J connectivity index is 1.48. The molecule has 122 valence electrons. The lowest BCUT2D eigenvalue weighted by Gasteiger charge is -2.30. The molecule has 1 aromatic heterocycles. The van der Waals surface area contributed by atoms with Gasteiger partial charge in [0.05, 0.1) is 22.8 Å². The van der Waals surface area contributed by atoms with Crippen molar-refractivity contribution in [1.29, 1.82) is 0 Å². The number of piperidine rings is 1. The molecule has 4 rings (SSSR count). The zero-order valence-electron chi connectivity index (χ0n) is 13.4. The van der Waals surface area contributed by atoms with E-state index in [1.54, 1.807) is 11.3 Å². The van der Waals surface area contributed by atoms with E-state index in [9.17, 15) is 4.79 Å². The van der Waals surface area contributed by atoms with Gasteiger partial charge < -0.3 is 4.90 Å². The molecule has 0 saturated carbocycles. The van der Waals surface area contributed by atoms with Gasteiger partial charge in [-0.1, -0.05) is 12.1 Å². The Bertz CT molecular complexity index is 659. The van der Waals surface area contributed by atoms with Gasteiger partial charge in [-0.3, -0.25) is 9.69 Å². The van der Waals surface area contributed by atoms with E-state index in [1.807, 2.05) is 6.07 Å². The third kappa shape index (κ3) is 3.12. The number of likely N-dealkylation sites (tertiary alicyclic amines) is 2. The first kappa shape index (κ1) is 15.1. The van der Waals surface area contributed by atoms with Crippen molar-refractivity contribution in [3.8, 4) is 0 Å². The monoisotopic (exact) mass is 329 g/mol. The van der Waals surface area contributed by atoms with E-state index in [0.717, 1.165) is 50.8 Å². The number of thiazole rings is 1. The molecular formula is C18H23N3OS. The fourth-order valence-electron chi connectivity index (χ4n) is 3.74. The number of hydrogen-bond acceptors (Lipinski definition) is 4. The summed E-state index contributed by atoms with van der Waals surface area (Å²) in [6.45, 7) is 3.46. The summed E-state index contributed by atoms with van der Waals surface area (Å²) in [5, 5.41) is 1.18. The standard InChI is InChI=1S/C18H23N3OS/c22-17(20-10-4-1-5-11-20)13-21-12-6-8-15(21)18-19-14-7-2-3-9-16(14)23-18/h2-3,7,9,15H,1,4-6,8,10-13H2/t15-/m0/s1. The molecule has 0 unspecified atom stereocenters. The molecule has 23 heavy (non-hydrogen) atoms. The van der Waals surface area contributed by atoms with E-state index in [1.165, 1.54) is 16.1 Å². The van der Waals surface area contributed by atoms with Crippen LogP contribution in [0.1, 0.15) is 43.2 Å². The molecule has 2 aliphatic rings. The van der Waals surface area contributed by atoms with Crippen LogP contribution in [0.15, 0.2) is 24.3 Å². The summed E-state index contributed by atoms with van der Waals surface area (Å²) >= 11 is 1.78. The topological polar surface area (TPSA) is 36.4 Å². The van der Waals surface area contributed by atoms with Crippen LogP contribution >= 0.6 is 11.3 Å². The Kier molecular flexibility index (Phi) is 4.31. The van der Waals surface area contributed by atoms with Crippen LogP contribution in [0.2, 0.25) is 0 Å². The van der Waals surface area contributed by atoms with Crippen LogP contribution in [0.5, 0.6) is 0 Å². The molecule has 0 N–H and O–H groups in total. The summed E-state index contributed by atoms with van der Waals surface area (Å²) in [6, 6.07) is 8.64. The van der Waals surface area contributed by atoms with E-state index >= 15 is 0 Å². The molecule has 1 amide bonds. The molecule has 2 aliphatic heterocycles. The number of aromatic nitrogens is 1. The van der Waals surface area contributed by atoms with Crippen LogP contribution in [0, 0.1) is 0 Å². The Morgan fingerprint density at radius 1 is 1.13 bits per heavy atom. The number of amides is 1. The Morgan fingerprint density at radius 2 is 1.96 bits per heavy atom. The smallest absolute Gasteiger partial charge is 0.236 e. The summed E-state index contributed by atoms with van der Waals surface area (Å²) in [4.78, 5) is 21.8. The van der Waals surface area contributed by atoms with Crippen molar-refractivity contribution in [2.75, 3.05) is 26.2 Å². The van der Waals surface area contributed by atoms with E-state index in [-0.39, 0.29) is 0 Å². The molecule has 0 radical (unpaired) electrons. The molecule has 0 aliphatic carbocycles. The lowest BCUT2D eigenvalue weighted by molar-refractivity contribution is -0.133. The first-order valence-electron chi connectivity index (χ1n) is 8.68. The molecule has 2 saturated heterocycles. The number of rotatable bonds is 3. The van der Waals surface area contributed by atoms with Gasteiger partial charge in [-0.2, -0.15) is 0 Å². The number of carbonyl (C=O) groups is 1. The second-order valence-electron chi connectivity index (χ2n) is 6.59. The van der Waals surface area contributed by atoms with Gasteiger partial charge in [0.25, 0.3) is 0 Å². The maximum atomic E-state index is 12.6. The molecule has 1 atom stereocenters. The summed E-state index contributed by atoms with van der Waals surface area (Å²) < 4.78 is 1.25. The SMILES string of the molecule is O=C(CN1CCC[C@H]1c1nc2ccccc2s1)N1CCCCC1. The zero-order chi connectivity index (χ0) is 15.6. The van der Waals surface area contributed by atoms with Gasteiger partial charge in [0.15, 0.2) is 0 Å². The number of benzene rings is 1. The maximum Gasteiger partial charge on any atom is 0.236 e. The van der Waals surface area contributed by atoms with Crippen LogP contribution in [0.4, 0.5) is 0 Å². The van der Waals surface area contributed by atoms with Gasteiger partial charge in [0.2, 0.25) is 5.91 Å². The van der Waals surface area contributed by atoms with Crippen LogP contribution in [0.3, 0.4) is 0 Å². The fourth-order valence-corrected chi connectivity index (χ4v) is 4.88. The summed E-state index contributed by atoms with van der Waals surface area (Å²) in [7, 11) is 0. The average molecular weight is 329 g/mol. The zero-order valence-corrected chi connectivity index (χ0v) is 14.2. The molecule has 0 spiro atoms. The highest BCUT2D eigenvalue weighted by atomic mass is 32.1. The minimum absolute atomic E-state index is 0.303. The predicted octanol–water partition coefficient (Wildman–Crippen LogP) is 3.45. The highest BCUT2D eigenvalue weighted by Crippen LogP contribution is 2.36. The van der Waals surface area contributed by atoms with Crippen LogP contribution in [-0.4, -0.2) is 46.9 Å². The maximum absolute atomic E-state index is 12.6. The molecule has 1 aromatic carbocycles. The van der Waals surface area contributed by atoms with Gasteiger partial charge in [-0.25, -0.2) is 4.98 Å². The van der Waals surface area contributed by atoms with Crippen molar-refractivity contribution >= 4 is 27.5 Å². The van der Waals surface area contributed by atoms with Gasteiger partial charge in [-0.15, -0.1) is 11.3 Å². The van der Waals surface area contributed by atoms with Crippen molar-refractivity contribution in [3.05, 3.63) is 29.3 Å². The molecule has 2 fully saturated rings. The Hall–Kier alpha value is -1.46. The van der Waals surface area contributed by atoms with Crippen LogP contribution < -0.4 is 0 Å². The normalized spacial score (nSPS) is 22.8. The second-order valence-corrected chi connectivity index (χ2v) is 7.65. The van der Waals surface area contributed by atoms with Gasteiger partial charge >= 0.3 is 0 Å². The highest BCUT2D eigenvalue weighted by molar-refractivity contribution is 7.18. The molecular weight excluding hydrogens is 306 g/mol. The average Bonchev–Trinajstić information content (AvgIpc) is 3.21. The molecule has 5 heteroatoms. The molecule has 3 heterocycles. The largest absolute Gasteiger partial charge is 0.342 e. The van der Waals surface area contributed by atoms with E-state index in [0.29, 0.717) is 18.5 Å². The number of nitrogens with zero attached hydrogens (tertiary/aromatic N) is 3. The van der Waals surface area contributed by atoms with E-state index < -0.39 is 0 Å². The molecule has 4 nitrogen and oxygen atoms in total. The quantitative estimate of drug-likeness (QED) is 0.865. The first-order valence-corrected chi connectivity index (χ1v) is 9.50. The number of para-hydroxylation sites is 1.